The van der Waals surface area contributed by atoms with Gasteiger partial charge in [-0.3, -0.25) is 0 Å². The lowest BCUT2D eigenvalue weighted by molar-refractivity contribution is 0.516. The summed E-state index contributed by atoms with van der Waals surface area (Å²) in [5, 5.41) is 0. The minimum Gasteiger partial charge on any atom is -0.206 e. The topological polar surface area (TPSA) is 0 Å². The van der Waals surface area contributed by atoms with Crippen molar-refractivity contribution >= 4 is 0 Å². The molecule has 76 valence electrons. The van der Waals surface area contributed by atoms with E-state index in [1.165, 1.54) is 5.56 Å². The Hall–Kier alpha value is -0.850. The standard InChI is InChI=1S/C13H17F/c1-13(2,3)11-8-7-9-5-4-6-10(9)12(11)14/h7-8H,4-6H2,1-3H3. The normalized spacial score (nSPS) is 15.7. The maximum atomic E-state index is 14.1. The van der Waals surface area contributed by atoms with Gasteiger partial charge in [0.1, 0.15) is 5.82 Å². The number of halogens is 1. The highest BCUT2D eigenvalue weighted by Gasteiger charge is 2.24. The van der Waals surface area contributed by atoms with Crippen LogP contribution in [0.5, 0.6) is 0 Å². The molecule has 1 aliphatic rings. The third-order valence-electron chi connectivity index (χ3n) is 3.02. The van der Waals surface area contributed by atoms with Gasteiger partial charge in [0, 0.05) is 0 Å². The first-order valence-electron chi connectivity index (χ1n) is 5.31. The molecule has 0 amide bonds. The van der Waals surface area contributed by atoms with Crippen molar-refractivity contribution in [3.05, 3.63) is 34.6 Å². The first-order valence-corrected chi connectivity index (χ1v) is 5.31. The molecule has 2 rings (SSSR count). The van der Waals surface area contributed by atoms with Gasteiger partial charge in [0.05, 0.1) is 0 Å². The molecule has 0 radical (unpaired) electrons. The Morgan fingerprint density at radius 3 is 2.50 bits per heavy atom. The first-order chi connectivity index (χ1) is 6.50. The van der Waals surface area contributed by atoms with Crippen molar-refractivity contribution in [2.45, 2.75) is 45.4 Å². The summed E-state index contributed by atoms with van der Waals surface area (Å²) < 4.78 is 14.1. The van der Waals surface area contributed by atoms with Gasteiger partial charge in [0.15, 0.2) is 0 Å². The molecular formula is C13H17F. The summed E-state index contributed by atoms with van der Waals surface area (Å²) in [7, 11) is 0. The summed E-state index contributed by atoms with van der Waals surface area (Å²) in [5.41, 5.74) is 2.97. The average molecular weight is 192 g/mol. The molecule has 0 unspecified atom stereocenters. The van der Waals surface area contributed by atoms with Crippen LogP contribution in [0.3, 0.4) is 0 Å². The van der Waals surface area contributed by atoms with Gasteiger partial charge in [-0.2, -0.15) is 0 Å². The Morgan fingerprint density at radius 1 is 1.14 bits per heavy atom. The van der Waals surface area contributed by atoms with E-state index in [0.717, 1.165) is 30.4 Å². The second-order valence-corrected chi connectivity index (χ2v) is 5.17. The van der Waals surface area contributed by atoms with Crippen LogP contribution >= 0.6 is 0 Å². The third-order valence-corrected chi connectivity index (χ3v) is 3.02. The summed E-state index contributed by atoms with van der Waals surface area (Å²) in [6.45, 7) is 6.19. The van der Waals surface area contributed by atoms with Crippen LogP contribution in [0, 0.1) is 5.82 Å². The summed E-state index contributed by atoms with van der Waals surface area (Å²) >= 11 is 0. The molecule has 0 N–H and O–H groups in total. The van der Waals surface area contributed by atoms with E-state index >= 15 is 0 Å². The summed E-state index contributed by atoms with van der Waals surface area (Å²) in [5.74, 6) is 0.0486. The largest absolute Gasteiger partial charge is 0.206 e. The molecule has 0 saturated heterocycles. The van der Waals surface area contributed by atoms with E-state index < -0.39 is 0 Å². The fraction of sp³-hybridized carbons (Fsp3) is 0.538. The van der Waals surface area contributed by atoms with Crippen LogP contribution in [0.1, 0.15) is 43.9 Å². The van der Waals surface area contributed by atoms with E-state index in [9.17, 15) is 4.39 Å². The van der Waals surface area contributed by atoms with E-state index in [1.807, 2.05) is 6.07 Å². The lowest BCUT2D eigenvalue weighted by atomic mass is 9.85. The number of benzene rings is 1. The lowest BCUT2D eigenvalue weighted by Gasteiger charge is -2.21. The monoisotopic (exact) mass is 192 g/mol. The molecule has 1 aromatic carbocycles. The van der Waals surface area contributed by atoms with Crippen LogP contribution in [0.15, 0.2) is 12.1 Å². The van der Waals surface area contributed by atoms with Crippen molar-refractivity contribution < 1.29 is 4.39 Å². The zero-order valence-corrected chi connectivity index (χ0v) is 9.15. The average Bonchev–Trinajstić information content (AvgIpc) is 2.50. The highest BCUT2D eigenvalue weighted by molar-refractivity contribution is 5.39. The van der Waals surface area contributed by atoms with Crippen molar-refractivity contribution in [3.63, 3.8) is 0 Å². The molecule has 14 heavy (non-hydrogen) atoms. The highest BCUT2D eigenvalue weighted by Crippen LogP contribution is 2.32. The maximum absolute atomic E-state index is 14.1. The molecule has 0 aromatic heterocycles. The third kappa shape index (κ3) is 1.45. The minimum atomic E-state index is -0.0816. The van der Waals surface area contributed by atoms with Gasteiger partial charge in [-0.15, -0.1) is 0 Å². The fourth-order valence-corrected chi connectivity index (χ4v) is 2.20. The molecule has 0 spiro atoms. The first kappa shape index (κ1) is 9.70. The molecule has 0 atom stereocenters. The molecule has 0 bridgehead atoms. The van der Waals surface area contributed by atoms with Crippen molar-refractivity contribution in [2.24, 2.45) is 0 Å². The zero-order valence-electron chi connectivity index (χ0n) is 9.15. The number of rotatable bonds is 0. The lowest BCUT2D eigenvalue weighted by Crippen LogP contribution is -2.14. The Bertz CT molecular complexity index is 358. The fourth-order valence-electron chi connectivity index (χ4n) is 2.20. The zero-order chi connectivity index (χ0) is 10.3. The predicted molar refractivity (Wildman–Crippen MR) is 57.1 cm³/mol. The Labute approximate surface area is 85.1 Å². The number of aryl methyl sites for hydroxylation is 1. The van der Waals surface area contributed by atoms with Crippen LogP contribution in [0.2, 0.25) is 0 Å². The molecular weight excluding hydrogens is 175 g/mol. The van der Waals surface area contributed by atoms with Crippen molar-refractivity contribution in [1.82, 2.24) is 0 Å². The van der Waals surface area contributed by atoms with Crippen molar-refractivity contribution in [2.75, 3.05) is 0 Å². The van der Waals surface area contributed by atoms with Gasteiger partial charge in [-0.05, 0) is 41.4 Å². The molecule has 1 heteroatoms. The number of hydrogen-bond donors (Lipinski definition) is 0. The summed E-state index contributed by atoms with van der Waals surface area (Å²) in [4.78, 5) is 0. The van der Waals surface area contributed by atoms with Gasteiger partial charge in [-0.1, -0.05) is 32.9 Å². The summed E-state index contributed by atoms with van der Waals surface area (Å²) in [6, 6.07) is 4.06. The number of fused-ring (bicyclic) bond motifs is 1. The van der Waals surface area contributed by atoms with E-state index in [0.29, 0.717) is 0 Å². The van der Waals surface area contributed by atoms with E-state index in [-0.39, 0.29) is 11.2 Å². The maximum Gasteiger partial charge on any atom is 0.130 e. The molecule has 0 heterocycles. The SMILES string of the molecule is CC(C)(C)c1ccc2c(c1F)CCC2. The quantitative estimate of drug-likeness (QED) is 0.589. The van der Waals surface area contributed by atoms with Crippen LogP contribution in [-0.4, -0.2) is 0 Å². The van der Waals surface area contributed by atoms with Crippen LogP contribution < -0.4 is 0 Å². The predicted octanol–water partition coefficient (Wildman–Crippen LogP) is 3.61. The van der Waals surface area contributed by atoms with Gasteiger partial charge in [-0.25, -0.2) is 4.39 Å². The summed E-state index contributed by atoms with van der Waals surface area (Å²) in [6.07, 6.45) is 3.08. The molecule has 0 fully saturated rings. The van der Waals surface area contributed by atoms with E-state index in [2.05, 4.69) is 26.8 Å². The van der Waals surface area contributed by atoms with Gasteiger partial charge >= 0.3 is 0 Å². The molecule has 0 saturated carbocycles. The second-order valence-electron chi connectivity index (χ2n) is 5.17. The highest BCUT2D eigenvalue weighted by atomic mass is 19.1. The van der Waals surface area contributed by atoms with Gasteiger partial charge in [0.2, 0.25) is 0 Å². The minimum absolute atomic E-state index is 0.0486. The molecule has 1 aromatic rings. The van der Waals surface area contributed by atoms with Crippen LogP contribution in [0.25, 0.3) is 0 Å². The van der Waals surface area contributed by atoms with Crippen LogP contribution in [-0.2, 0) is 18.3 Å². The van der Waals surface area contributed by atoms with E-state index in [1.54, 1.807) is 0 Å². The molecule has 1 aliphatic carbocycles. The van der Waals surface area contributed by atoms with Crippen LogP contribution in [0.4, 0.5) is 4.39 Å². The van der Waals surface area contributed by atoms with Gasteiger partial charge in [0.25, 0.3) is 0 Å². The van der Waals surface area contributed by atoms with Crippen molar-refractivity contribution in [1.29, 1.82) is 0 Å². The van der Waals surface area contributed by atoms with Gasteiger partial charge < -0.3 is 0 Å². The van der Waals surface area contributed by atoms with E-state index in [4.69, 9.17) is 0 Å². The molecule has 0 nitrogen and oxygen atoms in total. The second kappa shape index (κ2) is 3.08. The smallest absolute Gasteiger partial charge is 0.130 e. The Balaban J connectivity index is 2.56. The Morgan fingerprint density at radius 2 is 1.86 bits per heavy atom. The molecule has 0 aliphatic heterocycles. The number of hydrogen-bond acceptors (Lipinski definition) is 0. The van der Waals surface area contributed by atoms with Crippen molar-refractivity contribution in [3.8, 4) is 0 Å². The Kier molecular flexibility index (Phi) is 2.13.